The maximum absolute atomic E-state index is 11.5. The average Bonchev–Trinajstić information content (AvgIpc) is 2.59. The number of anilines is 1. The Bertz CT molecular complexity index is 471. The van der Waals surface area contributed by atoms with Crippen LogP contribution in [0.3, 0.4) is 0 Å². The van der Waals surface area contributed by atoms with Crippen molar-refractivity contribution in [2.75, 3.05) is 5.32 Å². The van der Waals surface area contributed by atoms with Crippen LogP contribution in [0, 0.1) is 11.3 Å². The normalized spacial score (nSPS) is 9.65. The van der Waals surface area contributed by atoms with Gasteiger partial charge in [-0.3, -0.25) is 9.59 Å². The second-order valence-electron chi connectivity index (χ2n) is 3.60. The van der Waals surface area contributed by atoms with Gasteiger partial charge in [-0.05, 0) is 12.5 Å². The van der Waals surface area contributed by atoms with E-state index in [1.807, 2.05) is 6.07 Å². The van der Waals surface area contributed by atoms with E-state index >= 15 is 0 Å². The highest BCUT2D eigenvalue weighted by molar-refractivity contribution is 5.91. The summed E-state index contributed by atoms with van der Waals surface area (Å²) < 4.78 is 1.63. The van der Waals surface area contributed by atoms with Crippen LogP contribution in [0.15, 0.2) is 12.3 Å². The Morgan fingerprint density at radius 1 is 1.53 bits per heavy atom. The maximum atomic E-state index is 11.5. The number of aliphatic carboxylic acids is 1. The second-order valence-corrected chi connectivity index (χ2v) is 3.60. The number of amides is 1. The molecule has 1 aromatic rings. The number of carboxylic acid groups (broad SMARTS) is 1. The van der Waals surface area contributed by atoms with Gasteiger partial charge in [0.2, 0.25) is 5.91 Å². The zero-order valence-corrected chi connectivity index (χ0v) is 9.43. The van der Waals surface area contributed by atoms with Crippen LogP contribution in [0.5, 0.6) is 0 Å². The average molecular weight is 235 g/mol. The lowest BCUT2D eigenvalue weighted by molar-refractivity contribution is -0.137. The van der Waals surface area contributed by atoms with Crippen molar-refractivity contribution < 1.29 is 14.7 Å². The van der Waals surface area contributed by atoms with Gasteiger partial charge in [0.25, 0.3) is 0 Å². The monoisotopic (exact) mass is 235 g/mol. The predicted octanol–water partition coefficient (Wildman–Crippen LogP) is 1.09. The molecule has 0 atom stereocenters. The van der Waals surface area contributed by atoms with E-state index in [0.717, 1.165) is 0 Å². The summed E-state index contributed by atoms with van der Waals surface area (Å²) in [6.07, 6.45) is 2.05. The molecule has 1 aromatic heterocycles. The molecule has 0 aliphatic heterocycles. The highest BCUT2D eigenvalue weighted by atomic mass is 16.4. The number of hydrogen-bond donors (Lipinski definition) is 2. The molecule has 0 fully saturated rings. The zero-order chi connectivity index (χ0) is 12.8. The molecule has 1 amide bonds. The van der Waals surface area contributed by atoms with Crippen molar-refractivity contribution in [3.8, 4) is 6.07 Å². The number of carbonyl (C=O) groups excluding carboxylic acids is 1. The van der Waals surface area contributed by atoms with Crippen LogP contribution in [0.1, 0.15) is 24.8 Å². The van der Waals surface area contributed by atoms with E-state index in [0.29, 0.717) is 11.4 Å². The molecule has 0 spiro atoms. The van der Waals surface area contributed by atoms with Crippen LogP contribution in [0.2, 0.25) is 0 Å². The SMILES string of the molecule is Cn1ccc(C#N)c1NC(=O)CCCC(=O)O. The molecule has 0 radical (unpaired) electrons. The van der Waals surface area contributed by atoms with Gasteiger partial charge in [-0.15, -0.1) is 0 Å². The number of rotatable bonds is 5. The summed E-state index contributed by atoms with van der Waals surface area (Å²) in [7, 11) is 1.72. The zero-order valence-electron chi connectivity index (χ0n) is 9.43. The fourth-order valence-corrected chi connectivity index (χ4v) is 1.37. The van der Waals surface area contributed by atoms with Gasteiger partial charge in [-0.2, -0.15) is 5.26 Å². The standard InChI is InChI=1S/C11H13N3O3/c1-14-6-5-8(7-12)11(14)13-9(15)3-2-4-10(16)17/h5-6H,2-4H2,1H3,(H,13,15)(H,16,17). The summed E-state index contributed by atoms with van der Waals surface area (Å²) in [5.74, 6) is -0.772. The van der Waals surface area contributed by atoms with Crippen molar-refractivity contribution in [1.82, 2.24) is 4.57 Å². The molecular formula is C11H13N3O3. The van der Waals surface area contributed by atoms with Gasteiger partial charge < -0.3 is 15.0 Å². The first-order chi connectivity index (χ1) is 8.04. The van der Waals surface area contributed by atoms with Crippen LogP contribution >= 0.6 is 0 Å². The molecule has 1 rings (SSSR count). The largest absolute Gasteiger partial charge is 0.481 e. The van der Waals surface area contributed by atoms with E-state index in [1.54, 1.807) is 23.9 Å². The number of nitrogens with one attached hydrogen (secondary N) is 1. The summed E-state index contributed by atoms with van der Waals surface area (Å²) in [6, 6.07) is 3.57. The number of hydrogen-bond acceptors (Lipinski definition) is 3. The summed E-state index contributed by atoms with van der Waals surface area (Å²) in [4.78, 5) is 21.8. The minimum Gasteiger partial charge on any atom is -0.481 e. The molecule has 0 bridgehead atoms. The van der Waals surface area contributed by atoms with Crippen molar-refractivity contribution in [2.24, 2.45) is 7.05 Å². The number of carboxylic acids is 1. The lowest BCUT2D eigenvalue weighted by atomic mass is 10.2. The number of aromatic nitrogens is 1. The number of nitrogens with zero attached hydrogens (tertiary/aromatic N) is 2. The molecule has 90 valence electrons. The lowest BCUT2D eigenvalue weighted by Gasteiger charge is -2.06. The Morgan fingerprint density at radius 2 is 2.24 bits per heavy atom. The van der Waals surface area contributed by atoms with Crippen LogP contribution in [-0.2, 0) is 16.6 Å². The topological polar surface area (TPSA) is 95.1 Å². The van der Waals surface area contributed by atoms with E-state index < -0.39 is 5.97 Å². The molecule has 0 aliphatic rings. The minimum atomic E-state index is -0.922. The minimum absolute atomic E-state index is 0.0360. The Labute approximate surface area is 98.5 Å². The van der Waals surface area contributed by atoms with Gasteiger partial charge in [0.15, 0.2) is 0 Å². The molecule has 1 heterocycles. The van der Waals surface area contributed by atoms with Gasteiger partial charge in [-0.25, -0.2) is 0 Å². The van der Waals surface area contributed by atoms with Crippen molar-refractivity contribution in [1.29, 1.82) is 5.26 Å². The molecule has 0 aliphatic carbocycles. The van der Waals surface area contributed by atoms with Crippen LogP contribution < -0.4 is 5.32 Å². The maximum Gasteiger partial charge on any atom is 0.303 e. The van der Waals surface area contributed by atoms with Crippen LogP contribution in [0.25, 0.3) is 0 Å². The number of nitriles is 1. The molecule has 17 heavy (non-hydrogen) atoms. The first-order valence-electron chi connectivity index (χ1n) is 5.11. The molecule has 6 heteroatoms. The summed E-state index contributed by atoms with van der Waals surface area (Å²) in [5, 5.41) is 19.8. The van der Waals surface area contributed by atoms with Gasteiger partial charge in [0, 0.05) is 26.1 Å². The number of aryl methyl sites for hydroxylation is 1. The third-order valence-corrected chi connectivity index (χ3v) is 2.25. The van der Waals surface area contributed by atoms with E-state index in [4.69, 9.17) is 10.4 Å². The van der Waals surface area contributed by atoms with Crippen molar-refractivity contribution >= 4 is 17.7 Å². The van der Waals surface area contributed by atoms with Gasteiger partial charge >= 0.3 is 5.97 Å². The van der Waals surface area contributed by atoms with E-state index in [1.165, 1.54) is 0 Å². The third kappa shape index (κ3) is 3.65. The van der Waals surface area contributed by atoms with Gasteiger partial charge in [0.05, 0.1) is 5.56 Å². The Balaban J connectivity index is 2.54. The first kappa shape index (κ1) is 12.8. The van der Waals surface area contributed by atoms with Gasteiger partial charge in [0.1, 0.15) is 11.9 Å². The summed E-state index contributed by atoms with van der Waals surface area (Å²) in [6.45, 7) is 0. The first-order valence-corrected chi connectivity index (χ1v) is 5.11. The Kier molecular flexibility index (Phi) is 4.29. The quantitative estimate of drug-likeness (QED) is 0.798. The highest BCUT2D eigenvalue weighted by Crippen LogP contribution is 2.15. The smallest absolute Gasteiger partial charge is 0.303 e. The predicted molar refractivity (Wildman–Crippen MR) is 60.2 cm³/mol. The lowest BCUT2D eigenvalue weighted by Crippen LogP contribution is -2.14. The van der Waals surface area contributed by atoms with Crippen LogP contribution in [0.4, 0.5) is 5.82 Å². The molecule has 2 N–H and O–H groups in total. The van der Waals surface area contributed by atoms with E-state index in [9.17, 15) is 9.59 Å². The molecule has 0 saturated carbocycles. The fraction of sp³-hybridized carbons (Fsp3) is 0.364. The third-order valence-electron chi connectivity index (χ3n) is 2.25. The number of carbonyl (C=O) groups is 2. The molecule has 0 unspecified atom stereocenters. The molecule has 0 aromatic carbocycles. The molecule has 6 nitrogen and oxygen atoms in total. The van der Waals surface area contributed by atoms with Crippen molar-refractivity contribution in [3.05, 3.63) is 17.8 Å². The van der Waals surface area contributed by atoms with Gasteiger partial charge in [-0.1, -0.05) is 0 Å². The highest BCUT2D eigenvalue weighted by Gasteiger charge is 2.10. The molecular weight excluding hydrogens is 222 g/mol. The Hall–Kier alpha value is -2.29. The summed E-state index contributed by atoms with van der Waals surface area (Å²) in [5.41, 5.74) is 0.388. The van der Waals surface area contributed by atoms with Crippen molar-refractivity contribution in [3.63, 3.8) is 0 Å². The fourth-order valence-electron chi connectivity index (χ4n) is 1.37. The second kappa shape index (κ2) is 5.70. The van der Waals surface area contributed by atoms with Crippen molar-refractivity contribution in [2.45, 2.75) is 19.3 Å². The summed E-state index contributed by atoms with van der Waals surface area (Å²) >= 11 is 0. The van der Waals surface area contributed by atoms with Crippen LogP contribution in [-0.4, -0.2) is 21.6 Å². The Morgan fingerprint density at radius 3 is 2.82 bits per heavy atom. The molecule has 0 saturated heterocycles. The van der Waals surface area contributed by atoms with E-state index in [2.05, 4.69) is 5.32 Å². The van der Waals surface area contributed by atoms with E-state index in [-0.39, 0.29) is 25.2 Å².